The maximum atomic E-state index is 14.2. The first-order chi connectivity index (χ1) is 29.6. The fourth-order valence-electron chi connectivity index (χ4n) is 12.6. The molecule has 0 radical (unpaired) electrons. The summed E-state index contributed by atoms with van der Waals surface area (Å²) in [4.78, 5) is 47.7. The number of ether oxygens (including phenoxy) is 5. The SMILES string of the molecule is COCCOC12CC3(C)CC(C)(CC(Cn4ncc(-c5ccc(OC(=O)c6cc(N7CC[C@H](NC(=O)OC(C)(C)C)C7)cc7c6CNCC7)nc5C(=O)OC(C)(C)C)c4C)(C3)C1)C2. The van der Waals surface area contributed by atoms with Crippen molar-refractivity contribution < 1.29 is 38.1 Å². The lowest BCUT2D eigenvalue weighted by Crippen LogP contribution is -2.64. The molecule has 1 saturated heterocycles. The molecule has 342 valence electrons. The number of carbonyl (C=O) groups excluding carboxylic acids is 3. The molecule has 3 aromatic rings. The maximum Gasteiger partial charge on any atom is 0.407 e. The zero-order valence-electron chi connectivity index (χ0n) is 39.1. The van der Waals surface area contributed by atoms with E-state index >= 15 is 0 Å². The molecule has 1 amide bonds. The quantitative estimate of drug-likeness (QED) is 0.134. The number of aromatic nitrogens is 3. The number of rotatable bonds is 12. The van der Waals surface area contributed by atoms with Gasteiger partial charge in [0.15, 0.2) is 5.69 Å². The highest BCUT2D eigenvalue weighted by Gasteiger charge is 2.66. The van der Waals surface area contributed by atoms with E-state index in [4.69, 9.17) is 33.8 Å². The highest BCUT2D eigenvalue weighted by Crippen LogP contribution is 2.72. The zero-order valence-corrected chi connectivity index (χ0v) is 39.1. The maximum absolute atomic E-state index is 14.2. The highest BCUT2D eigenvalue weighted by molar-refractivity contribution is 5.97. The summed E-state index contributed by atoms with van der Waals surface area (Å²) in [5, 5.41) is 11.4. The molecule has 4 bridgehead atoms. The molecule has 1 aromatic carbocycles. The van der Waals surface area contributed by atoms with Gasteiger partial charge in [-0.1, -0.05) is 13.8 Å². The molecule has 9 rings (SSSR count). The van der Waals surface area contributed by atoms with Gasteiger partial charge in [0, 0.05) is 61.9 Å². The molecule has 2 aromatic heterocycles. The Bertz CT molecular complexity index is 2240. The minimum atomic E-state index is -0.794. The molecular formula is C49H68N6O8. The summed E-state index contributed by atoms with van der Waals surface area (Å²) in [5.74, 6) is -1.19. The molecule has 4 heterocycles. The molecule has 5 fully saturated rings. The van der Waals surface area contributed by atoms with Crippen LogP contribution < -0.4 is 20.3 Å². The number of nitrogens with zero attached hydrogens (tertiary/aromatic N) is 4. The van der Waals surface area contributed by atoms with Crippen molar-refractivity contribution in [3.8, 4) is 17.0 Å². The molecule has 2 N–H and O–H groups in total. The Morgan fingerprint density at radius 2 is 1.63 bits per heavy atom. The van der Waals surface area contributed by atoms with E-state index in [1.165, 1.54) is 6.42 Å². The van der Waals surface area contributed by atoms with Crippen molar-refractivity contribution in [2.24, 2.45) is 16.2 Å². The zero-order chi connectivity index (χ0) is 45.2. The Morgan fingerprint density at radius 3 is 2.33 bits per heavy atom. The number of nitrogens with one attached hydrogen (secondary N) is 2. The van der Waals surface area contributed by atoms with Gasteiger partial charge < -0.3 is 39.2 Å². The summed E-state index contributed by atoms with van der Waals surface area (Å²) in [6.45, 7) is 22.4. The van der Waals surface area contributed by atoms with Crippen molar-refractivity contribution >= 4 is 23.7 Å². The van der Waals surface area contributed by atoms with Crippen LogP contribution in [0.4, 0.5) is 10.5 Å². The molecule has 4 saturated carbocycles. The third-order valence-corrected chi connectivity index (χ3v) is 13.6. The molecule has 4 aliphatic carbocycles. The van der Waals surface area contributed by atoms with E-state index in [1.54, 1.807) is 19.2 Å². The number of benzene rings is 1. The van der Waals surface area contributed by atoms with Gasteiger partial charge in [0.05, 0.1) is 36.6 Å². The van der Waals surface area contributed by atoms with Gasteiger partial charge in [-0.3, -0.25) is 4.68 Å². The number of hydrogen-bond donors (Lipinski definition) is 2. The molecule has 6 aliphatic rings. The number of methoxy groups -OCH3 is 1. The monoisotopic (exact) mass is 869 g/mol. The lowest BCUT2D eigenvalue weighted by Gasteiger charge is -2.69. The molecule has 2 unspecified atom stereocenters. The van der Waals surface area contributed by atoms with Crippen molar-refractivity contribution in [3.63, 3.8) is 0 Å². The van der Waals surface area contributed by atoms with E-state index in [-0.39, 0.29) is 39.5 Å². The van der Waals surface area contributed by atoms with Gasteiger partial charge >= 0.3 is 18.0 Å². The first-order valence-corrected chi connectivity index (χ1v) is 22.8. The lowest BCUT2D eigenvalue weighted by molar-refractivity contribution is -0.250. The third kappa shape index (κ3) is 9.78. The van der Waals surface area contributed by atoms with Crippen LogP contribution in [0.3, 0.4) is 0 Å². The van der Waals surface area contributed by atoms with Gasteiger partial charge in [-0.2, -0.15) is 5.10 Å². The Kier molecular flexibility index (Phi) is 11.8. The summed E-state index contributed by atoms with van der Waals surface area (Å²) in [5.41, 5.74) is 4.40. The topological polar surface area (TPSA) is 155 Å². The van der Waals surface area contributed by atoms with E-state index in [2.05, 4.69) is 40.1 Å². The van der Waals surface area contributed by atoms with Gasteiger partial charge in [0.25, 0.3) is 0 Å². The minimum absolute atomic E-state index is 0.00537. The molecule has 3 atom stereocenters. The Balaban J connectivity index is 1.05. The minimum Gasteiger partial charge on any atom is -0.455 e. The summed E-state index contributed by atoms with van der Waals surface area (Å²) < 4.78 is 31.7. The van der Waals surface area contributed by atoms with Crippen LogP contribution in [0, 0.1) is 23.2 Å². The normalized spacial score (nSPS) is 27.6. The van der Waals surface area contributed by atoms with Crippen molar-refractivity contribution in [2.45, 2.75) is 150 Å². The second-order valence-corrected chi connectivity index (χ2v) is 22.1. The second kappa shape index (κ2) is 16.5. The van der Waals surface area contributed by atoms with Crippen LogP contribution in [0.2, 0.25) is 0 Å². The predicted octanol–water partition coefficient (Wildman–Crippen LogP) is 7.96. The number of anilines is 1. The van der Waals surface area contributed by atoms with Gasteiger partial charge in [-0.25, -0.2) is 19.4 Å². The Hall–Kier alpha value is -4.53. The molecule has 14 heteroatoms. The van der Waals surface area contributed by atoms with Crippen LogP contribution in [0.15, 0.2) is 30.5 Å². The van der Waals surface area contributed by atoms with Gasteiger partial charge in [0.1, 0.15) is 11.2 Å². The van der Waals surface area contributed by atoms with Crippen LogP contribution in [-0.2, 0) is 38.5 Å². The lowest BCUT2D eigenvalue weighted by atomic mass is 9.39. The molecule has 14 nitrogen and oxygen atoms in total. The average molecular weight is 869 g/mol. The van der Waals surface area contributed by atoms with Crippen molar-refractivity contribution in [1.29, 1.82) is 0 Å². The molecule has 2 aliphatic heterocycles. The smallest absolute Gasteiger partial charge is 0.407 e. The summed E-state index contributed by atoms with van der Waals surface area (Å²) in [7, 11) is 1.72. The van der Waals surface area contributed by atoms with Crippen LogP contribution in [0.25, 0.3) is 11.1 Å². The number of esters is 2. The van der Waals surface area contributed by atoms with E-state index in [0.29, 0.717) is 44.0 Å². The average Bonchev–Trinajstić information content (AvgIpc) is 3.77. The van der Waals surface area contributed by atoms with Gasteiger partial charge in [-0.15, -0.1) is 0 Å². The van der Waals surface area contributed by atoms with E-state index in [0.717, 1.165) is 86.1 Å². The summed E-state index contributed by atoms with van der Waals surface area (Å²) >= 11 is 0. The third-order valence-electron chi connectivity index (χ3n) is 13.6. The fraction of sp³-hybridized carbons (Fsp3) is 0.653. The largest absolute Gasteiger partial charge is 0.455 e. The summed E-state index contributed by atoms with van der Waals surface area (Å²) in [6, 6.07) is 7.33. The predicted molar refractivity (Wildman–Crippen MR) is 239 cm³/mol. The van der Waals surface area contributed by atoms with Gasteiger partial charge in [0.2, 0.25) is 5.88 Å². The van der Waals surface area contributed by atoms with Crippen LogP contribution in [0.5, 0.6) is 5.88 Å². The van der Waals surface area contributed by atoms with Crippen LogP contribution in [-0.4, -0.2) is 95.6 Å². The number of alkyl carbamates (subject to hydrolysis) is 1. The van der Waals surface area contributed by atoms with Crippen LogP contribution >= 0.6 is 0 Å². The highest BCUT2D eigenvalue weighted by atomic mass is 16.6. The Morgan fingerprint density at radius 1 is 0.905 bits per heavy atom. The number of fused-ring (bicyclic) bond motifs is 1. The fourth-order valence-corrected chi connectivity index (χ4v) is 12.6. The Labute approximate surface area is 372 Å². The second-order valence-electron chi connectivity index (χ2n) is 22.1. The standard InChI is InChI=1S/C49H68N6O8/c1-31-37(22-51-55(31)30-48-25-46(8)24-47(9,26-48)28-49(27-46,29-48)60-18-17-59-10)35-11-12-39(53-40(35)42(57)62-44(2,3)4)61-41(56)36-20-34(19-32-13-15-50-21-38(32)36)54-16-14-33(23-54)52-43(58)63-45(5,6)7/h11-12,19-20,22,33,50H,13-18,21,23-30H2,1-10H3,(H,52,58)/t33-,46?,47?,48?,49?/m0/s1. The first-order valence-electron chi connectivity index (χ1n) is 22.8. The van der Waals surface area contributed by atoms with E-state index < -0.39 is 29.2 Å². The number of hydrogen-bond acceptors (Lipinski definition) is 12. The van der Waals surface area contributed by atoms with Crippen molar-refractivity contribution in [2.75, 3.05) is 44.9 Å². The first kappa shape index (κ1) is 45.1. The molecule has 0 spiro atoms. The van der Waals surface area contributed by atoms with Crippen LogP contribution in [0.1, 0.15) is 138 Å². The van der Waals surface area contributed by atoms with Crippen molar-refractivity contribution in [1.82, 2.24) is 25.4 Å². The van der Waals surface area contributed by atoms with E-state index in [9.17, 15) is 14.4 Å². The van der Waals surface area contributed by atoms with E-state index in [1.807, 2.05) is 60.7 Å². The van der Waals surface area contributed by atoms with Gasteiger partial charge in [-0.05, 0) is 152 Å². The molecule has 63 heavy (non-hydrogen) atoms. The number of amides is 1. The van der Waals surface area contributed by atoms with Crippen molar-refractivity contribution in [3.05, 3.63) is 58.5 Å². The number of carbonyl (C=O) groups is 3. The number of pyridine rings is 1. The molecular weight excluding hydrogens is 801 g/mol. The summed E-state index contributed by atoms with van der Waals surface area (Å²) in [6.07, 6.45) is 9.46.